The molecule has 1 atom stereocenters. The third-order valence-corrected chi connectivity index (χ3v) is 2.03. The van der Waals surface area contributed by atoms with E-state index in [0.29, 0.717) is 5.92 Å². The van der Waals surface area contributed by atoms with Crippen LogP contribution in [0.15, 0.2) is 6.20 Å². The van der Waals surface area contributed by atoms with Gasteiger partial charge in [-0.15, -0.1) is 0 Å². The Morgan fingerprint density at radius 3 is 2.67 bits per heavy atom. The molecule has 0 aromatic carbocycles. The van der Waals surface area contributed by atoms with Crippen LogP contribution in [0.4, 0.5) is 0 Å². The molecular weight excluding hydrogens is 150 g/mol. The summed E-state index contributed by atoms with van der Waals surface area (Å²) in [5.41, 5.74) is 6.98. The highest BCUT2D eigenvalue weighted by Gasteiger charge is 2.08. The number of hydrogen-bond donors (Lipinski definition) is 2. The van der Waals surface area contributed by atoms with Crippen LogP contribution in [0.5, 0.6) is 0 Å². The van der Waals surface area contributed by atoms with Crippen LogP contribution in [0, 0.1) is 0 Å². The first-order chi connectivity index (χ1) is 5.65. The van der Waals surface area contributed by atoms with Gasteiger partial charge >= 0.3 is 0 Å². The fourth-order valence-corrected chi connectivity index (χ4v) is 1.03. The van der Waals surface area contributed by atoms with Gasteiger partial charge in [0.1, 0.15) is 5.82 Å². The van der Waals surface area contributed by atoms with E-state index in [-0.39, 0.29) is 6.04 Å². The summed E-state index contributed by atoms with van der Waals surface area (Å²) in [5.74, 6) is 1.40. The second-order valence-corrected chi connectivity index (χ2v) is 3.39. The molecule has 1 rings (SSSR count). The van der Waals surface area contributed by atoms with Crippen molar-refractivity contribution in [3.8, 4) is 0 Å². The largest absolute Gasteiger partial charge is 0.344 e. The van der Waals surface area contributed by atoms with E-state index in [1.807, 2.05) is 6.20 Å². The highest BCUT2D eigenvalue weighted by Crippen LogP contribution is 2.15. The van der Waals surface area contributed by atoms with Gasteiger partial charge in [0.15, 0.2) is 0 Å². The lowest BCUT2D eigenvalue weighted by Gasteiger charge is -2.04. The number of nitrogens with two attached hydrogens (primary N) is 1. The summed E-state index contributed by atoms with van der Waals surface area (Å²) >= 11 is 0. The Balaban J connectivity index is 2.77. The van der Waals surface area contributed by atoms with E-state index in [4.69, 9.17) is 5.73 Å². The first-order valence-electron chi connectivity index (χ1n) is 4.45. The van der Waals surface area contributed by atoms with Gasteiger partial charge in [0.2, 0.25) is 0 Å². The summed E-state index contributed by atoms with van der Waals surface area (Å²) in [6, 6.07) is 0.0532. The topological polar surface area (TPSA) is 54.7 Å². The first-order valence-corrected chi connectivity index (χ1v) is 4.45. The molecule has 1 aromatic rings. The van der Waals surface area contributed by atoms with Gasteiger partial charge in [-0.2, -0.15) is 0 Å². The van der Waals surface area contributed by atoms with Crippen molar-refractivity contribution in [1.82, 2.24) is 9.97 Å². The fraction of sp³-hybridized carbons (Fsp3) is 0.667. The Hall–Kier alpha value is -0.830. The standard InChI is InChI=1S/C9H17N3/c1-4-7(10)9-11-5-8(12-9)6(2)3/h5-7H,4,10H2,1-3H3,(H,11,12). The van der Waals surface area contributed by atoms with Crippen LogP contribution in [0.1, 0.15) is 50.7 Å². The molecular formula is C9H17N3. The van der Waals surface area contributed by atoms with Crippen molar-refractivity contribution in [3.63, 3.8) is 0 Å². The minimum atomic E-state index is 0.0532. The van der Waals surface area contributed by atoms with Gasteiger partial charge in [0.05, 0.1) is 6.04 Å². The van der Waals surface area contributed by atoms with Gasteiger partial charge in [-0.05, 0) is 12.3 Å². The Morgan fingerprint density at radius 2 is 2.25 bits per heavy atom. The van der Waals surface area contributed by atoms with Crippen molar-refractivity contribution in [3.05, 3.63) is 17.7 Å². The number of nitrogens with one attached hydrogen (secondary N) is 1. The Kier molecular flexibility index (Phi) is 2.87. The van der Waals surface area contributed by atoms with E-state index >= 15 is 0 Å². The number of imidazole rings is 1. The molecule has 0 amide bonds. The number of nitrogens with zero attached hydrogens (tertiary/aromatic N) is 1. The summed E-state index contributed by atoms with van der Waals surface area (Å²) in [6.07, 6.45) is 2.79. The molecule has 68 valence electrons. The van der Waals surface area contributed by atoms with E-state index in [1.54, 1.807) is 0 Å². The fourth-order valence-electron chi connectivity index (χ4n) is 1.03. The zero-order chi connectivity index (χ0) is 9.14. The van der Waals surface area contributed by atoms with Gasteiger partial charge in [0, 0.05) is 11.9 Å². The smallest absolute Gasteiger partial charge is 0.123 e. The van der Waals surface area contributed by atoms with Crippen molar-refractivity contribution in [1.29, 1.82) is 0 Å². The Bertz CT molecular complexity index is 240. The van der Waals surface area contributed by atoms with Crippen molar-refractivity contribution in [2.24, 2.45) is 5.73 Å². The molecule has 0 aliphatic carbocycles. The monoisotopic (exact) mass is 167 g/mol. The maximum Gasteiger partial charge on any atom is 0.123 e. The average Bonchev–Trinajstić information content (AvgIpc) is 2.51. The maximum atomic E-state index is 5.81. The summed E-state index contributed by atoms with van der Waals surface area (Å²) in [5, 5.41) is 0. The lowest BCUT2D eigenvalue weighted by molar-refractivity contribution is 0.653. The molecule has 3 nitrogen and oxygen atoms in total. The van der Waals surface area contributed by atoms with Gasteiger partial charge < -0.3 is 10.7 Å². The van der Waals surface area contributed by atoms with E-state index in [9.17, 15) is 0 Å². The second-order valence-electron chi connectivity index (χ2n) is 3.39. The van der Waals surface area contributed by atoms with Crippen LogP contribution in [-0.4, -0.2) is 9.97 Å². The zero-order valence-corrected chi connectivity index (χ0v) is 7.96. The highest BCUT2D eigenvalue weighted by atomic mass is 15.0. The van der Waals surface area contributed by atoms with Crippen LogP contribution in [0.2, 0.25) is 0 Å². The number of aromatic amines is 1. The third kappa shape index (κ3) is 1.85. The van der Waals surface area contributed by atoms with Crippen LogP contribution in [0.3, 0.4) is 0 Å². The van der Waals surface area contributed by atoms with E-state index < -0.39 is 0 Å². The van der Waals surface area contributed by atoms with Gasteiger partial charge in [-0.1, -0.05) is 20.8 Å². The number of rotatable bonds is 3. The second kappa shape index (κ2) is 3.72. The number of H-pyrrole nitrogens is 1. The maximum absolute atomic E-state index is 5.81. The van der Waals surface area contributed by atoms with E-state index in [0.717, 1.165) is 17.9 Å². The van der Waals surface area contributed by atoms with Crippen LogP contribution in [-0.2, 0) is 0 Å². The van der Waals surface area contributed by atoms with Gasteiger partial charge in [-0.25, -0.2) is 4.98 Å². The van der Waals surface area contributed by atoms with Crippen molar-refractivity contribution in [2.75, 3.05) is 0 Å². The van der Waals surface area contributed by atoms with Crippen LogP contribution in [0.25, 0.3) is 0 Å². The third-order valence-electron chi connectivity index (χ3n) is 2.03. The van der Waals surface area contributed by atoms with Crippen molar-refractivity contribution in [2.45, 2.75) is 39.2 Å². The van der Waals surface area contributed by atoms with Crippen LogP contribution >= 0.6 is 0 Å². The molecule has 0 fully saturated rings. The highest BCUT2D eigenvalue weighted by molar-refractivity contribution is 5.07. The molecule has 0 aliphatic rings. The molecule has 0 saturated heterocycles. The normalized spacial score (nSPS) is 13.8. The minimum Gasteiger partial charge on any atom is -0.344 e. The molecule has 0 saturated carbocycles. The van der Waals surface area contributed by atoms with Crippen molar-refractivity contribution >= 4 is 0 Å². The molecule has 1 heterocycles. The lowest BCUT2D eigenvalue weighted by atomic mass is 10.2. The average molecular weight is 167 g/mol. The molecule has 1 aromatic heterocycles. The first kappa shape index (κ1) is 9.26. The zero-order valence-electron chi connectivity index (χ0n) is 7.96. The molecule has 0 radical (unpaired) electrons. The molecule has 3 heteroatoms. The predicted octanol–water partition coefficient (Wildman–Crippen LogP) is 1.94. The summed E-state index contributed by atoms with van der Waals surface area (Å²) in [6.45, 7) is 6.33. The van der Waals surface area contributed by atoms with Gasteiger partial charge in [-0.3, -0.25) is 0 Å². The molecule has 3 N–H and O–H groups in total. The minimum absolute atomic E-state index is 0.0532. The van der Waals surface area contributed by atoms with Crippen molar-refractivity contribution < 1.29 is 0 Å². The van der Waals surface area contributed by atoms with E-state index in [2.05, 4.69) is 30.7 Å². The molecule has 0 bridgehead atoms. The summed E-state index contributed by atoms with van der Waals surface area (Å²) in [4.78, 5) is 7.45. The summed E-state index contributed by atoms with van der Waals surface area (Å²) < 4.78 is 0. The summed E-state index contributed by atoms with van der Waals surface area (Å²) in [7, 11) is 0. The van der Waals surface area contributed by atoms with E-state index in [1.165, 1.54) is 0 Å². The molecule has 0 spiro atoms. The number of hydrogen-bond acceptors (Lipinski definition) is 2. The Morgan fingerprint density at radius 1 is 1.58 bits per heavy atom. The molecule has 1 unspecified atom stereocenters. The number of aromatic nitrogens is 2. The quantitative estimate of drug-likeness (QED) is 0.722. The lowest BCUT2D eigenvalue weighted by Crippen LogP contribution is -2.10. The molecule has 0 aliphatic heterocycles. The SMILES string of the molecule is CCC(N)c1ncc(C(C)C)[nH]1. The Labute approximate surface area is 73.4 Å². The van der Waals surface area contributed by atoms with Crippen LogP contribution < -0.4 is 5.73 Å². The predicted molar refractivity (Wildman–Crippen MR) is 49.9 cm³/mol. The molecule has 12 heavy (non-hydrogen) atoms. The van der Waals surface area contributed by atoms with Gasteiger partial charge in [0.25, 0.3) is 0 Å².